The molecule has 1 aromatic heterocycles. The van der Waals surface area contributed by atoms with Crippen molar-refractivity contribution in [1.29, 1.82) is 0 Å². The van der Waals surface area contributed by atoms with Crippen LogP contribution in [0.4, 0.5) is 0 Å². The van der Waals surface area contributed by atoms with Crippen molar-refractivity contribution in [2.75, 3.05) is 32.2 Å². The summed E-state index contributed by atoms with van der Waals surface area (Å²) in [5, 5.41) is 0.899. The van der Waals surface area contributed by atoms with Crippen LogP contribution in [0, 0.1) is 0 Å². The zero-order valence-electron chi connectivity index (χ0n) is 12.2. The molecule has 0 amide bonds. The molecule has 1 aromatic carbocycles. The minimum absolute atomic E-state index is 0.330. The molecular weight excluding hydrogens is 286 g/mol. The lowest BCUT2D eigenvalue weighted by Gasteiger charge is -2.21. The lowest BCUT2D eigenvalue weighted by molar-refractivity contribution is 0.370. The third-order valence-electron chi connectivity index (χ3n) is 3.99. The van der Waals surface area contributed by atoms with E-state index >= 15 is 0 Å². The zero-order valence-corrected chi connectivity index (χ0v) is 13.0. The topological polar surface area (TPSA) is 68.3 Å². The number of likely N-dealkylation sites (N-methyl/N-ethyl adjacent to an activating group) is 1. The normalized spacial score (nSPS) is 17.1. The number of nitrogen functional groups attached to an aromatic ring is 1. The van der Waals surface area contributed by atoms with Gasteiger partial charge in [0.15, 0.2) is 9.84 Å². The summed E-state index contributed by atoms with van der Waals surface area (Å²) in [6.07, 6.45) is 6.24. The van der Waals surface area contributed by atoms with Gasteiger partial charge in [-0.05, 0) is 37.2 Å². The molecule has 5 nitrogen and oxygen atoms in total. The lowest BCUT2D eigenvalue weighted by atomic mass is 9.99. The molecule has 0 aliphatic carbocycles. The fourth-order valence-electron chi connectivity index (χ4n) is 2.74. The second kappa shape index (κ2) is 4.89. The minimum Gasteiger partial charge on any atom is -0.339 e. The monoisotopic (exact) mass is 305 g/mol. The Hall–Kier alpha value is -1.79. The maximum Gasteiger partial charge on any atom is 0.175 e. The SMILES string of the molecule is CN1CC=C(c2cn(N)c3ccc(S(C)(=O)=O)cc23)CC1. The van der Waals surface area contributed by atoms with Gasteiger partial charge in [0.1, 0.15) is 0 Å². The van der Waals surface area contributed by atoms with E-state index in [9.17, 15) is 8.42 Å². The third-order valence-corrected chi connectivity index (χ3v) is 5.10. The Morgan fingerprint density at radius 2 is 2.05 bits per heavy atom. The highest BCUT2D eigenvalue weighted by molar-refractivity contribution is 7.90. The Morgan fingerprint density at radius 3 is 2.67 bits per heavy atom. The van der Waals surface area contributed by atoms with Gasteiger partial charge in [-0.3, -0.25) is 4.68 Å². The van der Waals surface area contributed by atoms with Crippen molar-refractivity contribution in [2.24, 2.45) is 0 Å². The van der Waals surface area contributed by atoms with Crippen LogP contribution in [0.2, 0.25) is 0 Å². The highest BCUT2D eigenvalue weighted by Gasteiger charge is 2.17. The molecule has 6 heteroatoms. The lowest BCUT2D eigenvalue weighted by Crippen LogP contribution is -2.23. The number of hydrogen-bond acceptors (Lipinski definition) is 4. The molecule has 0 saturated carbocycles. The first kappa shape index (κ1) is 14.2. The minimum atomic E-state index is -3.22. The molecule has 2 N–H and O–H groups in total. The van der Waals surface area contributed by atoms with E-state index in [1.54, 1.807) is 22.9 Å². The van der Waals surface area contributed by atoms with E-state index in [0.717, 1.165) is 36.0 Å². The Labute approximate surface area is 124 Å². The smallest absolute Gasteiger partial charge is 0.175 e. The van der Waals surface area contributed by atoms with Crippen LogP contribution < -0.4 is 5.84 Å². The van der Waals surface area contributed by atoms with E-state index in [1.807, 2.05) is 6.20 Å². The maximum atomic E-state index is 11.8. The van der Waals surface area contributed by atoms with Gasteiger partial charge in [-0.2, -0.15) is 0 Å². The molecular formula is C15H19N3O2S. The van der Waals surface area contributed by atoms with Crippen LogP contribution in [-0.4, -0.2) is 44.4 Å². The predicted octanol–water partition coefficient (Wildman–Crippen LogP) is 1.48. The van der Waals surface area contributed by atoms with E-state index in [0.29, 0.717) is 4.90 Å². The summed E-state index contributed by atoms with van der Waals surface area (Å²) in [5.41, 5.74) is 3.11. The molecule has 112 valence electrons. The number of fused-ring (bicyclic) bond motifs is 1. The standard InChI is InChI=1S/C15H19N3O2S/c1-17-7-5-11(6-8-17)14-10-18(16)15-4-3-12(9-13(14)15)21(2,19)20/h3-5,9-10H,6-8,16H2,1-2H3. The number of nitrogens with two attached hydrogens (primary N) is 1. The molecule has 0 atom stereocenters. The van der Waals surface area contributed by atoms with Crippen molar-refractivity contribution >= 4 is 26.3 Å². The predicted molar refractivity (Wildman–Crippen MR) is 85.3 cm³/mol. The third kappa shape index (κ3) is 2.56. The van der Waals surface area contributed by atoms with Gasteiger partial charge in [0.25, 0.3) is 0 Å². The second-order valence-corrected chi connectivity index (χ2v) is 7.66. The Kier molecular flexibility index (Phi) is 3.30. The van der Waals surface area contributed by atoms with Gasteiger partial charge in [-0.1, -0.05) is 6.08 Å². The van der Waals surface area contributed by atoms with Crippen LogP contribution in [0.1, 0.15) is 12.0 Å². The van der Waals surface area contributed by atoms with Crippen molar-refractivity contribution in [1.82, 2.24) is 9.58 Å². The molecule has 0 saturated heterocycles. The average Bonchev–Trinajstić information content (AvgIpc) is 2.76. The van der Waals surface area contributed by atoms with Gasteiger partial charge in [-0.25, -0.2) is 8.42 Å². The molecule has 0 radical (unpaired) electrons. The van der Waals surface area contributed by atoms with Gasteiger partial charge in [0.05, 0.1) is 10.4 Å². The first-order valence-corrected chi connectivity index (χ1v) is 8.73. The van der Waals surface area contributed by atoms with E-state index in [1.165, 1.54) is 11.8 Å². The largest absolute Gasteiger partial charge is 0.339 e. The highest BCUT2D eigenvalue weighted by Crippen LogP contribution is 2.31. The fourth-order valence-corrected chi connectivity index (χ4v) is 3.38. The van der Waals surface area contributed by atoms with Crippen molar-refractivity contribution in [3.05, 3.63) is 36.0 Å². The summed E-state index contributed by atoms with van der Waals surface area (Å²) in [7, 11) is -1.13. The second-order valence-electron chi connectivity index (χ2n) is 5.64. The average molecular weight is 305 g/mol. The first-order valence-electron chi connectivity index (χ1n) is 6.84. The van der Waals surface area contributed by atoms with Gasteiger partial charge in [-0.15, -0.1) is 0 Å². The van der Waals surface area contributed by atoms with Gasteiger partial charge < -0.3 is 10.7 Å². The number of benzene rings is 1. The summed E-state index contributed by atoms with van der Waals surface area (Å²) >= 11 is 0. The van der Waals surface area contributed by atoms with E-state index in [4.69, 9.17) is 5.84 Å². The molecule has 1 aliphatic rings. The molecule has 21 heavy (non-hydrogen) atoms. The Bertz CT molecular complexity index is 834. The molecule has 0 fully saturated rings. The molecule has 3 rings (SSSR count). The van der Waals surface area contributed by atoms with Crippen molar-refractivity contribution in [3.8, 4) is 0 Å². The van der Waals surface area contributed by atoms with Crippen LogP contribution in [0.15, 0.2) is 35.4 Å². The highest BCUT2D eigenvalue weighted by atomic mass is 32.2. The number of nitrogens with zero attached hydrogens (tertiary/aromatic N) is 2. The summed E-state index contributed by atoms with van der Waals surface area (Å²) in [6.45, 7) is 1.90. The molecule has 0 spiro atoms. The number of sulfone groups is 1. The number of aromatic nitrogens is 1. The van der Waals surface area contributed by atoms with E-state index < -0.39 is 9.84 Å². The molecule has 2 aromatic rings. The maximum absolute atomic E-state index is 11.8. The van der Waals surface area contributed by atoms with Crippen molar-refractivity contribution in [2.45, 2.75) is 11.3 Å². The van der Waals surface area contributed by atoms with Crippen LogP contribution in [0.25, 0.3) is 16.5 Å². The van der Waals surface area contributed by atoms with Crippen LogP contribution >= 0.6 is 0 Å². The molecule has 0 bridgehead atoms. The number of hydrogen-bond donors (Lipinski definition) is 1. The Morgan fingerprint density at radius 1 is 1.29 bits per heavy atom. The summed E-state index contributed by atoms with van der Waals surface area (Å²) in [5.74, 6) is 6.00. The van der Waals surface area contributed by atoms with Crippen molar-refractivity contribution in [3.63, 3.8) is 0 Å². The molecule has 2 heterocycles. The first-order chi connectivity index (χ1) is 9.86. The fraction of sp³-hybridized carbons (Fsp3) is 0.333. The zero-order chi connectivity index (χ0) is 15.2. The van der Waals surface area contributed by atoms with Gasteiger partial charge >= 0.3 is 0 Å². The molecule has 1 aliphatic heterocycles. The van der Waals surface area contributed by atoms with Gasteiger partial charge in [0, 0.05) is 36.5 Å². The van der Waals surface area contributed by atoms with E-state index in [-0.39, 0.29) is 0 Å². The van der Waals surface area contributed by atoms with Gasteiger partial charge in [0.2, 0.25) is 0 Å². The summed E-state index contributed by atoms with van der Waals surface area (Å²) in [4.78, 5) is 2.57. The Balaban J connectivity index is 2.19. The van der Waals surface area contributed by atoms with Crippen LogP contribution in [-0.2, 0) is 9.84 Å². The molecule has 0 unspecified atom stereocenters. The summed E-state index contributed by atoms with van der Waals surface area (Å²) < 4.78 is 25.1. The summed E-state index contributed by atoms with van der Waals surface area (Å²) in [6, 6.07) is 5.10. The van der Waals surface area contributed by atoms with Crippen LogP contribution in [0.5, 0.6) is 0 Å². The van der Waals surface area contributed by atoms with E-state index in [2.05, 4.69) is 18.0 Å². The van der Waals surface area contributed by atoms with Crippen molar-refractivity contribution < 1.29 is 8.42 Å². The quantitative estimate of drug-likeness (QED) is 0.853. The number of rotatable bonds is 2. The van der Waals surface area contributed by atoms with Crippen LogP contribution in [0.3, 0.4) is 0 Å².